The zero-order valence-electron chi connectivity index (χ0n) is 11.5. The first-order chi connectivity index (χ1) is 9.60. The molecule has 1 atom stereocenters. The predicted molar refractivity (Wildman–Crippen MR) is 77.3 cm³/mol. The summed E-state index contributed by atoms with van der Waals surface area (Å²) in [5.41, 5.74) is 2.26. The Bertz CT molecular complexity index is 580. The molecule has 20 heavy (non-hydrogen) atoms. The molecule has 2 rings (SSSR count). The third-order valence-electron chi connectivity index (χ3n) is 2.78. The van der Waals surface area contributed by atoms with Crippen molar-refractivity contribution in [3.05, 3.63) is 36.5 Å². The highest BCUT2D eigenvalue weighted by atomic mass is 16.3. The summed E-state index contributed by atoms with van der Waals surface area (Å²) in [5.74, 6) is 0. The molecule has 0 saturated carbocycles. The number of aromatic nitrogens is 2. The second-order valence-electron chi connectivity index (χ2n) is 4.61. The quantitative estimate of drug-likeness (QED) is 0.792. The van der Waals surface area contributed by atoms with E-state index >= 15 is 0 Å². The van der Waals surface area contributed by atoms with Gasteiger partial charge in [0.15, 0.2) is 0 Å². The Balaban J connectivity index is 2.19. The lowest BCUT2D eigenvalue weighted by molar-refractivity contribution is 0.229. The number of hydrogen-bond acceptors (Lipinski definition) is 3. The van der Waals surface area contributed by atoms with E-state index in [1.165, 1.54) is 0 Å². The summed E-state index contributed by atoms with van der Waals surface area (Å²) in [6.45, 7) is 1.62. The van der Waals surface area contributed by atoms with Crippen molar-refractivity contribution in [1.29, 1.82) is 0 Å². The number of carbonyl (C=O) groups excluding carboxylic acids is 1. The molecule has 0 fully saturated rings. The molecule has 0 aliphatic rings. The zero-order valence-corrected chi connectivity index (χ0v) is 11.5. The van der Waals surface area contributed by atoms with Crippen LogP contribution in [0.15, 0.2) is 36.5 Å². The number of nitrogens with one attached hydrogen (secondary N) is 2. The lowest BCUT2D eigenvalue weighted by Crippen LogP contribution is -2.38. The van der Waals surface area contributed by atoms with Crippen molar-refractivity contribution in [2.24, 2.45) is 7.05 Å². The zero-order chi connectivity index (χ0) is 14.5. The molecule has 0 spiro atoms. The molecule has 1 aromatic carbocycles. The van der Waals surface area contributed by atoms with E-state index in [1.807, 2.05) is 30.3 Å². The van der Waals surface area contributed by atoms with Crippen LogP contribution in [0.2, 0.25) is 0 Å². The van der Waals surface area contributed by atoms with Crippen LogP contribution < -0.4 is 10.6 Å². The van der Waals surface area contributed by atoms with Gasteiger partial charge in [0.1, 0.15) is 5.69 Å². The number of aliphatic hydroxyl groups excluding tert-OH is 1. The number of amides is 2. The Hall–Kier alpha value is -2.34. The molecular weight excluding hydrogens is 256 g/mol. The van der Waals surface area contributed by atoms with Crippen LogP contribution in [0.25, 0.3) is 11.3 Å². The van der Waals surface area contributed by atoms with Crippen molar-refractivity contribution < 1.29 is 9.90 Å². The molecule has 0 bridgehead atoms. The molecule has 0 radical (unpaired) electrons. The van der Waals surface area contributed by atoms with Crippen molar-refractivity contribution in [2.45, 2.75) is 13.0 Å². The molecule has 0 aliphatic carbocycles. The summed E-state index contributed by atoms with van der Waals surface area (Å²) >= 11 is 0. The fourth-order valence-corrected chi connectivity index (χ4v) is 1.82. The number of aliphatic hydroxyl groups is 1. The molecule has 2 amide bonds. The maximum absolute atomic E-state index is 11.8. The second kappa shape index (κ2) is 6.21. The van der Waals surface area contributed by atoms with Crippen molar-refractivity contribution in [3.8, 4) is 11.3 Å². The standard InChI is InChI=1S/C14H18N4O2/c1-10(9-19)15-14(20)16-12-8-18(2)17-13(12)11-6-4-3-5-7-11/h3-8,10,19H,9H2,1-2H3,(H2,15,16,20)/t10-/m0/s1. The predicted octanol–water partition coefficient (Wildman–Crippen LogP) is 1.59. The van der Waals surface area contributed by atoms with Crippen LogP contribution in [-0.4, -0.2) is 33.6 Å². The highest BCUT2D eigenvalue weighted by Gasteiger charge is 2.13. The van der Waals surface area contributed by atoms with Gasteiger partial charge in [0.25, 0.3) is 0 Å². The second-order valence-corrected chi connectivity index (χ2v) is 4.61. The van der Waals surface area contributed by atoms with Crippen LogP contribution >= 0.6 is 0 Å². The van der Waals surface area contributed by atoms with Gasteiger partial charge in [0, 0.05) is 18.8 Å². The molecule has 0 aliphatic heterocycles. The van der Waals surface area contributed by atoms with E-state index in [0.29, 0.717) is 11.4 Å². The van der Waals surface area contributed by atoms with Gasteiger partial charge in [-0.25, -0.2) is 4.79 Å². The van der Waals surface area contributed by atoms with Crippen molar-refractivity contribution in [2.75, 3.05) is 11.9 Å². The van der Waals surface area contributed by atoms with E-state index in [2.05, 4.69) is 15.7 Å². The molecule has 1 aromatic heterocycles. The van der Waals surface area contributed by atoms with E-state index in [0.717, 1.165) is 5.56 Å². The topological polar surface area (TPSA) is 79.2 Å². The summed E-state index contributed by atoms with van der Waals surface area (Å²) in [5, 5.41) is 18.7. The summed E-state index contributed by atoms with van der Waals surface area (Å²) in [4.78, 5) is 11.8. The fourth-order valence-electron chi connectivity index (χ4n) is 1.82. The maximum Gasteiger partial charge on any atom is 0.319 e. The number of rotatable bonds is 4. The summed E-state index contributed by atoms with van der Waals surface area (Å²) in [6, 6.07) is 8.96. The van der Waals surface area contributed by atoms with Gasteiger partial charge in [-0.15, -0.1) is 0 Å². The van der Waals surface area contributed by atoms with Crippen LogP contribution in [0.1, 0.15) is 6.92 Å². The lowest BCUT2D eigenvalue weighted by Gasteiger charge is -2.11. The Morgan fingerprint density at radius 2 is 2.10 bits per heavy atom. The van der Waals surface area contributed by atoms with Gasteiger partial charge in [-0.05, 0) is 6.92 Å². The first-order valence-electron chi connectivity index (χ1n) is 6.37. The first-order valence-corrected chi connectivity index (χ1v) is 6.37. The van der Waals surface area contributed by atoms with Crippen molar-refractivity contribution >= 4 is 11.7 Å². The Kier molecular flexibility index (Phi) is 4.37. The van der Waals surface area contributed by atoms with E-state index in [1.54, 1.807) is 24.9 Å². The van der Waals surface area contributed by atoms with Crippen LogP contribution in [0, 0.1) is 0 Å². The van der Waals surface area contributed by atoms with Gasteiger partial charge in [0.05, 0.1) is 18.3 Å². The monoisotopic (exact) mass is 274 g/mol. The van der Waals surface area contributed by atoms with Gasteiger partial charge in [-0.1, -0.05) is 30.3 Å². The molecule has 0 unspecified atom stereocenters. The molecule has 3 N–H and O–H groups in total. The summed E-state index contributed by atoms with van der Waals surface area (Å²) in [6.07, 6.45) is 1.74. The van der Waals surface area contributed by atoms with Crippen LogP contribution in [0.4, 0.5) is 10.5 Å². The number of carbonyl (C=O) groups is 1. The SMILES string of the molecule is C[C@@H](CO)NC(=O)Nc1cn(C)nc1-c1ccccc1. The number of benzene rings is 1. The van der Waals surface area contributed by atoms with Crippen LogP contribution in [-0.2, 0) is 7.05 Å². The number of hydrogen-bond donors (Lipinski definition) is 3. The third-order valence-corrected chi connectivity index (χ3v) is 2.78. The molecule has 1 heterocycles. The van der Waals surface area contributed by atoms with Gasteiger partial charge < -0.3 is 15.7 Å². The largest absolute Gasteiger partial charge is 0.394 e. The fraction of sp³-hybridized carbons (Fsp3) is 0.286. The number of nitrogens with zero attached hydrogens (tertiary/aromatic N) is 2. The Morgan fingerprint density at radius 1 is 1.40 bits per heavy atom. The minimum Gasteiger partial charge on any atom is -0.394 e. The average Bonchev–Trinajstić information content (AvgIpc) is 2.80. The molecule has 106 valence electrons. The van der Waals surface area contributed by atoms with Crippen molar-refractivity contribution in [1.82, 2.24) is 15.1 Å². The van der Waals surface area contributed by atoms with Gasteiger partial charge in [0.2, 0.25) is 0 Å². The first kappa shape index (κ1) is 14.1. The number of anilines is 1. The molecular formula is C14H18N4O2. The van der Waals surface area contributed by atoms with Crippen LogP contribution in [0.3, 0.4) is 0 Å². The summed E-state index contributed by atoms with van der Waals surface area (Å²) < 4.78 is 1.65. The van der Waals surface area contributed by atoms with Crippen molar-refractivity contribution in [3.63, 3.8) is 0 Å². The average molecular weight is 274 g/mol. The van der Waals surface area contributed by atoms with E-state index in [-0.39, 0.29) is 18.7 Å². The van der Waals surface area contributed by atoms with E-state index in [9.17, 15) is 4.79 Å². The molecule has 6 heteroatoms. The van der Waals surface area contributed by atoms with E-state index in [4.69, 9.17) is 5.11 Å². The molecule has 6 nitrogen and oxygen atoms in total. The third kappa shape index (κ3) is 3.36. The number of aryl methyl sites for hydroxylation is 1. The van der Waals surface area contributed by atoms with Crippen LogP contribution in [0.5, 0.6) is 0 Å². The molecule has 0 saturated heterocycles. The van der Waals surface area contributed by atoms with Gasteiger partial charge in [-0.3, -0.25) is 4.68 Å². The Labute approximate surface area is 117 Å². The Morgan fingerprint density at radius 3 is 2.75 bits per heavy atom. The minimum atomic E-state index is -0.364. The summed E-state index contributed by atoms with van der Waals surface area (Å²) in [7, 11) is 1.80. The van der Waals surface area contributed by atoms with E-state index < -0.39 is 0 Å². The lowest BCUT2D eigenvalue weighted by atomic mass is 10.1. The van der Waals surface area contributed by atoms with Gasteiger partial charge >= 0.3 is 6.03 Å². The highest BCUT2D eigenvalue weighted by Crippen LogP contribution is 2.25. The van der Waals surface area contributed by atoms with Gasteiger partial charge in [-0.2, -0.15) is 5.10 Å². The smallest absolute Gasteiger partial charge is 0.319 e. The highest BCUT2D eigenvalue weighted by molar-refractivity contribution is 5.93. The maximum atomic E-state index is 11.8. The number of urea groups is 1. The molecule has 2 aromatic rings. The normalized spacial score (nSPS) is 11.9. The minimum absolute atomic E-state index is 0.105.